The Hall–Kier alpha value is -1.67. The molecule has 1 aliphatic rings. The van der Waals surface area contributed by atoms with Gasteiger partial charge >= 0.3 is 0 Å². The van der Waals surface area contributed by atoms with Gasteiger partial charge in [-0.25, -0.2) is 8.42 Å². The molecule has 9 heteroatoms. The number of amides is 1. The second-order valence-electron chi connectivity index (χ2n) is 4.53. The highest BCUT2D eigenvalue weighted by atomic mass is 35.7. The first-order chi connectivity index (χ1) is 9.28. The van der Waals surface area contributed by atoms with Crippen LogP contribution in [0.15, 0.2) is 24.3 Å². The van der Waals surface area contributed by atoms with Crippen LogP contribution in [0, 0.1) is 16.0 Å². The average molecular weight is 319 g/mol. The molecule has 1 amide bonds. The van der Waals surface area contributed by atoms with E-state index in [0.29, 0.717) is 0 Å². The van der Waals surface area contributed by atoms with E-state index in [9.17, 15) is 23.3 Å². The summed E-state index contributed by atoms with van der Waals surface area (Å²) in [5.41, 5.74) is -0.00722. The first kappa shape index (κ1) is 14.7. The molecule has 0 spiro atoms. The Bertz CT molecular complexity index is 661. The topological polar surface area (TPSA) is 97.6 Å². The molecular weight excluding hydrogens is 308 g/mol. The largest absolute Gasteiger partial charge is 0.306 e. The zero-order valence-electron chi connectivity index (χ0n) is 10.2. The molecule has 1 fully saturated rings. The van der Waals surface area contributed by atoms with Gasteiger partial charge in [0.05, 0.1) is 10.7 Å². The van der Waals surface area contributed by atoms with E-state index in [1.165, 1.54) is 23.1 Å². The Kier molecular flexibility index (Phi) is 3.96. The molecule has 1 saturated heterocycles. The van der Waals surface area contributed by atoms with Gasteiger partial charge < -0.3 is 4.90 Å². The SMILES string of the molecule is O=C1CC(CS(=O)(=O)Cl)CN1c1ccccc1[N+](=O)[O-]. The molecule has 1 aromatic carbocycles. The normalized spacial score (nSPS) is 19.4. The number of nitro benzene ring substituents is 1. The van der Waals surface area contributed by atoms with Crippen LogP contribution in [0.3, 0.4) is 0 Å². The molecule has 1 aromatic rings. The van der Waals surface area contributed by atoms with Crippen molar-refractivity contribution in [3.05, 3.63) is 34.4 Å². The number of anilines is 1. The standard InChI is InChI=1S/C11H11ClN2O5S/c12-20(18,19)7-8-5-11(15)13(6-8)9-3-1-2-4-10(9)14(16)17/h1-4,8H,5-7H2. The lowest BCUT2D eigenvalue weighted by molar-refractivity contribution is -0.384. The van der Waals surface area contributed by atoms with Gasteiger partial charge in [-0.1, -0.05) is 12.1 Å². The number of nitro groups is 1. The fourth-order valence-corrected chi connectivity index (χ4v) is 3.58. The molecule has 20 heavy (non-hydrogen) atoms. The molecule has 1 atom stereocenters. The number of hydrogen-bond acceptors (Lipinski definition) is 5. The number of benzene rings is 1. The summed E-state index contributed by atoms with van der Waals surface area (Å²) >= 11 is 0. The Morgan fingerprint density at radius 1 is 1.40 bits per heavy atom. The van der Waals surface area contributed by atoms with Crippen molar-refractivity contribution in [2.45, 2.75) is 6.42 Å². The van der Waals surface area contributed by atoms with Gasteiger partial charge in [0.2, 0.25) is 15.0 Å². The zero-order chi connectivity index (χ0) is 14.9. The van der Waals surface area contributed by atoms with E-state index in [0.717, 1.165) is 0 Å². The lowest BCUT2D eigenvalue weighted by Gasteiger charge is -2.16. The van der Waals surface area contributed by atoms with Crippen LogP contribution < -0.4 is 4.90 Å². The van der Waals surface area contributed by atoms with Crippen molar-refractivity contribution in [3.63, 3.8) is 0 Å². The highest BCUT2D eigenvalue weighted by molar-refractivity contribution is 8.13. The minimum Gasteiger partial charge on any atom is -0.306 e. The van der Waals surface area contributed by atoms with Gasteiger partial charge in [0.25, 0.3) is 5.69 Å². The van der Waals surface area contributed by atoms with E-state index >= 15 is 0 Å². The molecule has 0 N–H and O–H groups in total. The second kappa shape index (κ2) is 5.37. The smallest absolute Gasteiger partial charge is 0.292 e. The first-order valence-electron chi connectivity index (χ1n) is 5.74. The van der Waals surface area contributed by atoms with E-state index in [1.807, 2.05) is 0 Å². The number of hydrogen-bond donors (Lipinski definition) is 0. The summed E-state index contributed by atoms with van der Waals surface area (Å²) in [7, 11) is 1.47. The van der Waals surface area contributed by atoms with Crippen LogP contribution in [0.1, 0.15) is 6.42 Å². The average Bonchev–Trinajstić information content (AvgIpc) is 2.67. The molecule has 1 heterocycles. The molecule has 0 bridgehead atoms. The minimum atomic E-state index is -3.70. The molecule has 108 valence electrons. The number of carbonyl (C=O) groups is 1. The highest BCUT2D eigenvalue weighted by Gasteiger charge is 2.35. The fraction of sp³-hybridized carbons (Fsp3) is 0.364. The summed E-state index contributed by atoms with van der Waals surface area (Å²) in [6, 6.07) is 5.85. The molecule has 1 unspecified atom stereocenters. The lowest BCUT2D eigenvalue weighted by Crippen LogP contribution is -2.26. The van der Waals surface area contributed by atoms with E-state index in [1.54, 1.807) is 6.07 Å². The minimum absolute atomic E-state index is 0.0119. The van der Waals surface area contributed by atoms with Crippen LogP contribution in [-0.2, 0) is 13.8 Å². The van der Waals surface area contributed by atoms with Crippen LogP contribution in [0.4, 0.5) is 11.4 Å². The quantitative estimate of drug-likeness (QED) is 0.476. The number of halogens is 1. The fourth-order valence-electron chi connectivity index (χ4n) is 2.25. The van der Waals surface area contributed by atoms with Crippen molar-refractivity contribution in [3.8, 4) is 0 Å². The van der Waals surface area contributed by atoms with Gasteiger partial charge in [0.15, 0.2) is 0 Å². The van der Waals surface area contributed by atoms with Gasteiger partial charge in [-0.2, -0.15) is 0 Å². The Morgan fingerprint density at radius 2 is 2.05 bits per heavy atom. The summed E-state index contributed by atoms with van der Waals surface area (Å²) in [5.74, 6) is -1.12. The lowest BCUT2D eigenvalue weighted by atomic mass is 10.1. The van der Waals surface area contributed by atoms with E-state index in [4.69, 9.17) is 10.7 Å². The first-order valence-corrected chi connectivity index (χ1v) is 8.22. The molecule has 0 radical (unpaired) electrons. The number of rotatable bonds is 4. The van der Waals surface area contributed by atoms with Crippen molar-refractivity contribution in [1.29, 1.82) is 0 Å². The van der Waals surface area contributed by atoms with Crippen molar-refractivity contribution >= 4 is 37.0 Å². The van der Waals surface area contributed by atoms with E-state index in [-0.39, 0.29) is 36.0 Å². The van der Waals surface area contributed by atoms with Gasteiger partial charge in [-0.05, 0) is 6.07 Å². The Balaban J connectivity index is 2.27. The molecule has 0 saturated carbocycles. The maximum atomic E-state index is 11.9. The number of nitrogens with zero attached hydrogens (tertiary/aromatic N) is 2. The summed E-state index contributed by atoms with van der Waals surface area (Å²) < 4.78 is 22.1. The van der Waals surface area contributed by atoms with Crippen molar-refractivity contribution in [2.24, 2.45) is 5.92 Å². The second-order valence-corrected chi connectivity index (χ2v) is 7.35. The predicted molar refractivity (Wildman–Crippen MR) is 73.2 cm³/mol. The summed E-state index contributed by atoms with van der Waals surface area (Å²) in [4.78, 5) is 23.5. The third-order valence-corrected chi connectivity index (χ3v) is 4.26. The van der Waals surface area contributed by atoms with E-state index in [2.05, 4.69) is 0 Å². The molecular formula is C11H11ClN2O5S. The van der Waals surface area contributed by atoms with Crippen LogP contribution in [0.2, 0.25) is 0 Å². The summed E-state index contributed by atoms with van der Waals surface area (Å²) in [5, 5.41) is 10.9. The van der Waals surface area contributed by atoms with Crippen molar-refractivity contribution < 1.29 is 18.1 Å². The summed E-state index contributed by atoms with van der Waals surface area (Å²) in [6.07, 6.45) is 0.0119. The third-order valence-electron chi connectivity index (χ3n) is 3.01. The van der Waals surface area contributed by atoms with Gasteiger partial charge in [0, 0.05) is 35.6 Å². The van der Waals surface area contributed by atoms with Crippen LogP contribution in [0.25, 0.3) is 0 Å². The molecule has 2 rings (SSSR count). The predicted octanol–water partition coefficient (Wildman–Crippen LogP) is 1.52. The summed E-state index contributed by atoms with van der Waals surface area (Å²) in [6.45, 7) is 0.107. The van der Waals surface area contributed by atoms with Crippen molar-refractivity contribution in [1.82, 2.24) is 0 Å². The van der Waals surface area contributed by atoms with Crippen LogP contribution in [0.5, 0.6) is 0 Å². The molecule has 0 aromatic heterocycles. The van der Waals surface area contributed by atoms with Gasteiger partial charge in [-0.3, -0.25) is 14.9 Å². The van der Waals surface area contributed by atoms with Crippen LogP contribution >= 0.6 is 10.7 Å². The van der Waals surface area contributed by atoms with Crippen LogP contribution in [-0.4, -0.2) is 31.5 Å². The maximum Gasteiger partial charge on any atom is 0.292 e. The number of para-hydroxylation sites is 2. The van der Waals surface area contributed by atoms with E-state index < -0.39 is 19.9 Å². The van der Waals surface area contributed by atoms with Gasteiger partial charge in [0.1, 0.15) is 5.69 Å². The highest BCUT2D eigenvalue weighted by Crippen LogP contribution is 2.33. The van der Waals surface area contributed by atoms with Crippen molar-refractivity contribution in [2.75, 3.05) is 17.2 Å². The number of carbonyl (C=O) groups excluding carboxylic acids is 1. The Labute approximate surface area is 119 Å². The molecule has 1 aliphatic heterocycles. The Morgan fingerprint density at radius 3 is 2.65 bits per heavy atom. The zero-order valence-corrected chi connectivity index (χ0v) is 11.8. The molecule has 0 aliphatic carbocycles. The van der Waals surface area contributed by atoms with Gasteiger partial charge in [-0.15, -0.1) is 0 Å². The maximum absolute atomic E-state index is 11.9. The monoisotopic (exact) mass is 318 g/mol. The molecule has 7 nitrogen and oxygen atoms in total. The third kappa shape index (κ3) is 3.26.